The topological polar surface area (TPSA) is 98.9 Å². The van der Waals surface area contributed by atoms with Crippen LogP contribution in [0.3, 0.4) is 0 Å². The highest BCUT2D eigenvalue weighted by Crippen LogP contribution is 1.98. The summed E-state index contributed by atoms with van der Waals surface area (Å²) >= 11 is 0. The number of hydrogen-bond acceptors (Lipinski definition) is 4. The Labute approximate surface area is 79.1 Å². The van der Waals surface area contributed by atoms with Crippen molar-refractivity contribution < 1.29 is 5.11 Å². The number of aliphatic hydroxyl groups excluding tert-OH is 1. The number of aliphatic hydroxyl groups is 1. The number of H-pyrrole nitrogens is 1. The molecule has 0 aliphatic rings. The second-order valence-electron chi connectivity index (χ2n) is 2.85. The van der Waals surface area contributed by atoms with Crippen LogP contribution in [0, 0.1) is 11.3 Å². The van der Waals surface area contributed by atoms with E-state index >= 15 is 0 Å². The van der Waals surface area contributed by atoms with Gasteiger partial charge in [-0.15, -0.1) is 0 Å². The van der Waals surface area contributed by atoms with Gasteiger partial charge in [0.2, 0.25) is 0 Å². The molecular formula is C8H9N3O3. The quantitative estimate of drug-likeness (QED) is 0.629. The average Bonchev–Trinajstić information content (AvgIpc) is 2.17. The summed E-state index contributed by atoms with van der Waals surface area (Å²) in [6.45, 7) is 1.36. The Morgan fingerprint density at radius 1 is 1.71 bits per heavy atom. The predicted octanol–water partition coefficient (Wildman–Crippen LogP) is -1.04. The average molecular weight is 195 g/mol. The van der Waals surface area contributed by atoms with Gasteiger partial charge in [-0.1, -0.05) is 0 Å². The summed E-state index contributed by atoms with van der Waals surface area (Å²) in [5, 5.41) is 17.4. The molecule has 0 fully saturated rings. The molecular weight excluding hydrogens is 186 g/mol. The fourth-order valence-electron chi connectivity index (χ4n) is 0.980. The lowest BCUT2D eigenvalue weighted by atomic mass is 10.3. The summed E-state index contributed by atoms with van der Waals surface area (Å²) in [6, 6.07) is 1.19. The van der Waals surface area contributed by atoms with Gasteiger partial charge in [0.05, 0.1) is 12.6 Å². The first-order chi connectivity index (χ1) is 6.60. The molecule has 1 heterocycles. The summed E-state index contributed by atoms with van der Waals surface area (Å²) in [4.78, 5) is 24.2. The Morgan fingerprint density at radius 3 is 2.86 bits per heavy atom. The maximum absolute atomic E-state index is 11.2. The van der Waals surface area contributed by atoms with Crippen LogP contribution in [0.2, 0.25) is 0 Å². The number of nitrogens with one attached hydrogen (secondary N) is 1. The Kier molecular flexibility index (Phi) is 2.84. The summed E-state index contributed by atoms with van der Waals surface area (Å²) in [5.41, 5.74) is -1.49. The van der Waals surface area contributed by atoms with E-state index in [2.05, 4.69) is 0 Å². The third kappa shape index (κ3) is 1.72. The maximum Gasteiger partial charge on any atom is 0.328 e. The van der Waals surface area contributed by atoms with Gasteiger partial charge in [0.1, 0.15) is 11.6 Å². The number of aromatic amines is 1. The Balaban J connectivity index is 3.41. The smallest absolute Gasteiger partial charge is 0.328 e. The van der Waals surface area contributed by atoms with Crippen molar-refractivity contribution in [2.45, 2.75) is 13.0 Å². The maximum atomic E-state index is 11.2. The van der Waals surface area contributed by atoms with Crippen LogP contribution in [0.25, 0.3) is 0 Å². The van der Waals surface area contributed by atoms with Crippen LogP contribution in [0.5, 0.6) is 0 Å². The second kappa shape index (κ2) is 3.89. The number of nitriles is 1. The van der Waals surface area contributed by atoms with E-state index in [1.54, 1.807) is 13.0 Å². The molecule has 0 bridgehead atoms. The standard InChI is InChI=1S/C8H9N3O3/c1-5(4-12)11-3-6(2-9)7(13)10-8(11)14/h3,5,12H,4H2,1H3,(H,10,13,14)/t5-/m0/s1. The number of aromatic nitrogens is 2. The highest BCUT2D eigenvalue weighted by Gasteiger charge is 2.08. The first-order valence-corrected chi connectivity index (χ1v) is 3.96. The predicted molar refractivity (Wildman–Crippen MR) is 47.8 cm³/mol. The Hall–Kier alpha value is -1.87. The van der Waals surface area contributed by atoms with E-state index in [4.69, 9.17) is 10.4 Å². The third-order valence-corrected chi connectivity index (χ3v) is 1.83. The summed E-state index contributed by atoms with van der Waals surface area (Å²) < 4.78 is 1.11. The lowest BCUT2D eigenvalue weighted by Gasteiger charge is -2.10. The fourth-order valence-corrected chi connectivity index (χ4v) is 0.980. The van der Waals surface area contributed by atoms with Gasteiger partial charge < -0.3 is 5.11 Å². The molecule has 74 valence electrons. The lowest BCUT2D eigenvalue weighted by molar-refractivity contribution is 0.235. The monoisotopic (exact) mass is 195 g/mol. The fraction of sp³-hybridized carbons (Fsp3) is 0.375. The summed E-state index contributed by atoms with van der Waals surface area (Å²) in [7, 11) is 0. The second-order valence-corrected chi connectivity index (χ2v) is 2.85. The van der Waals surface area contributed by atoms with Crippen molar-refractivity contribution in [1.29, 1.82) is 5.26 Å². The van der Waals surface area contributed by atoms with Gasteiger partial charge in [-0.05, 0) is 6.92 Å². The lowest BCUT2D eigenvalue weighted by Crippen LogP contribution is -2.33. The van der Waals surface area contributed by atoms with Crippen LogP contribution < -0.4 is 11.2 Å². The summed E-state index contributed by atoms with van der Waals surface area (Å²) in [6.07, 6.45) is 1.14. The molecule has 0 spiro atoms. The zero-order valence-corrected chi connectivity index (χ0v) is 7.52. The van der Waals surface area contributed by atoms with E-state index in [0.717, 1.165) is 10.8 Å². The highest BCUT2D eigenvalue weighted by atomic mass is 16.3. The molecule has 0 saturated carbocycles. The molecule has 0 amide bonds. The van der Waals surface area contributed by atoms with E-state index in [-0.39, 0.29) is 12.2 Å². The van der Waals surface area contributed by atoms with Crippen LogP contribution >= 0.6 is 0 Å². The van der Waals surface area contributed by atoms with Crippen LogP contribution in [-0.2, 0) is 0 Å². The molecule has 0 radical (unpaired) electrons. The molecule has 0 aromatic carbocycles. The third-order valence-electron chi connectivity index (χ3n) is 1.83. The van der Waals surface area contributed by atoms with Crippen molar-refractivity contribution in [1.82, 2.24) is 9.55 Å². The first kappa shape index (κ1) is 10.2. The minimum atomic E-state index is -0.709. The molecule has 1 atom stereocenters. The van der Waals surface area contributed by atoms with E-state index in [9.17, 15) is 9.59 Å². The van der Waals surface area contributed by atoms with Gasteiger partial charge in [0.15, 0.2) is 0 Å². The van der Waals surface area contributed by atoms with Gasteiger partial charge in [-0.3, -0.25) is 14.3 Å². The van der Waals surface area contributed by atoms with E-state index < -0.39 is 17.3 Å². The minimum absolute atomic E-state index is 0.148. The number of nitrogens with zero attached hydrogens (tertiary/aromatic N) is 2. The molecule has 6 heteroatoms. The molecule has 14 heavy (non-hydrogen) atoms. The van der Waals surface area contributed by atoms with Crippen LogP contribution in [0.15, 0.2) is 15.8 Å². The molecule has 2 N–H and O–H groups in total. The highest BCUT2D eigenvalue weighted by molar-refractivity contribution is 5.21. The molecule has 0 saturated heterocycles. The largest absolute Gasteiger partial charge is 0.394 e. The zero-order valence-electron chi connectivity index (χ0n) is 7.52. The first-order valence-electron chi connectivity index (χ1n) is 3.96. The minimum Gasteiger partial charge on any atom is -0.394 e. The van der Waals surface area contributed by atoms with E-state index in [0.29, 0.717) is 0 Å². The normalized spacial score (nSPS) is 12.1. The van der Waals surface area contributed by atoms with Gasteiger partial charge in [-0.25, -0.2) is 4.79 Å². The zero-order chi connectivity index (χ0) is 10.7. The van der Waals surface area contributed by atoms with Crippen LogP contribution in [-0.4, -0.2) is 21.3 Å². The van der Waals surface area contributed by atoms with Gasteiger partial charge in [-0.2, -0.15) is 5.26 Å². The SMILES string of the molecule is C[C@@H](CO)n1cc(C#N)c(=O)[nH]c1=O. The van der Waals surface area contributed by atoms with Crippen molar-refractivity contribution in [3.8, 4) is 6.07 Å². The number of hydrogen-bond donors (Lipinski definition) is 2. The van der Waals surface area contributed by atoms with E-state index in [1.165, 1.54) is 0 Å². The molecule has 0 unspecified atom stereocenters. The molecule has 0 aliphatic carbocycles. The Morgan fingerprint density at radius 2 is 2.36 bits per heavy atom. The van der Waals surface area contributed by atoms with Gasteiger partial charge in [0, 0.05) is 6.20 Å². The van der Waals surface area contributed by atoms with Crippen molar-refractivity contribution >= 4 is 0 Å². The van der Waals surface area contributed by atoms with Crippen LogP contribution in [0.4, 0.5) is 0 Å². The summed E-state index contributed by atoms with van der Waals surface area (Å²) in [5.74, 6) is 0. The van der Waals surface area contributed by atoms with E-state index in [1.807, 2.05) is 4.98 Å². The molecule has 0 aliphatic heterocycles. The van der Waals surface area contributed by atoms with Crippen molar-refractivity contribution in [2.75, 3.05) is 6.61 Å². The molecule has 6 nitrogen and oxygen atoms in total. The van der Waals surface area contributed by atoms with Gasteiger partial charge >= 0.3 is 5.69 Å². The molecule has 1 rings (SSSR count). The molecule has 1 aromatic rings. The molecule has 1 aromatic heterocycles. The number of rotatable bonds is 2. The van der Waals surface area contributed by atoms with Gasteiger partial charge in [0.25, 0.3) is 5.56 Å². The van der Waals surface area contributed by atoms with Crippen molar-refractivity contribution in [2.24, 2.45) is 0 Å². The Bertz CT molecular complexity index is 480. The van der Waals surface area contributed by atoms with Crippen molar-refractivity contribution in [3.63, 3.8) is 0 Å². The van der Waals surface area contributed by atoms with Crippen LogP contribution in [0.1, 0.15) is 18.5 Å². The van der Waals surface area contributed by atoms with Crippen molar-refractivity contribution in [3.05, 3.63) is 32.6 Å².